The molecule has 2 heterocycles. The second-order valence-corrected chi connectivity index (χ2v) is 8.95. The molecule has 2 aliphatic heterocycles. The number of amides is 2. The summed E-state index contributed by atoms with van der Waals surface area (Å²) in [6.45, 7) is 1.31. The van der Waals surface area contributed by atoms with Gasteiger partial charge >= 0.3 is 0 Å². The molecular formula is C17H24ClN3O4S. The Kier molecular flexibility index (Phi) is 6.31. The van der Waals surface area contributed by atoms with E-state index < -0.39 is 20.5 Å². The normalized spacial score (nSPS) is 18.6. The minimum Gasteiger partial charge on any atom is -0.346 e. The second kappa shape index (κ2) is 7.94. The quantitative estimate of drug-likeness (QED) is 0.755. The Balaban J connectivity index is 0.00000243. The second-order valence-electron chi connectivity index (χ2n) is 6.62. The predicted octanol–water partition coefficient (Wildman–Crippen LogP) is 0.281. The maximum atomic E-state index is 12.6. The molecule has 0 saturated carbocycles. The molecule has 0 aromatic heterocycles. The summed E-state index contributed by atoms with van der Waals surface area (Å²) in [7, 11) is -3.58. The van der Waals surface area contributed by atoms with Crippen molar-refractivity contribution < 1.29 is 18.0 Å². The van der Waals surface area contributed by atoms with Crippen LogP contribution < -0.4 is 15.5 Å². The molecular weight excluding hydrogens is 378 g/mol. The number of nitrogens with zero attached hydrogens (tertiary/aromatic N) is 1. The van der Waals surface area contributed by atoms with E-state index in [2.05, 4.69) is 10.6 Å². The number of nitrogens with one attached hydrogen (secondary N) is 2. The van der Waals surface area contributed by atoms with E-state index in [1.54, 1.807) is 4.90 Å². The average Bonchev–Trinajstić information content (AvgIpc) is 3.03. The molecule has 1 aromatic rings. The van der Waals surface area contributed by atoms with E-state index in [9.17, 15) is 18.0 Å². The van der Waals surface area contributed by atoms with Crippen molar-refractivity contribution >= 4 is 39.7 Å². The number of carbonyl (C=O) groups is 2. The lowest BCUT2D eigenvalue weighted by Gasteiger charge is -2.34. The minimum atomic E-state index is -3.58. The van der Waals surface area contributed by atoms with Crippen LogP contribution in [0.2, 0.25) is 0 Å². The first kappa shape index (κ1) is 20.7. The summed E-state index contributed by atoms with van der Waals surface area (Å²) in [6.07, 6.45) is 2.32. The van der Waals surface area contributed by atoms with Crippen LogP contribution in [0.5, 0.6) is 0 Å². The molecule has 2 N–H and O–H groups in total. The third kappa shape index (κ3) is 3.72. The molecule has 144 valence electrons. The van der Waals surface area contributed by atoms with Crippen LogP contribution in [0.3, 0.4) is 0 Å². The standard InChI is InChI=1S/C17H23N3O4S.ClH/c1-25(23,24)17(7-9-18-10-8-17)16(22)19-12-15(21)20-11-6-13-4-2-3-5-14(13)20;/h2-5,18H,6-12H2,1H3,(H,19,22);1H. The third-order valence-electron chi connectivity index (χ3n) is 5.12. The Morgan fingerprint density at radius 1 is 1.23 bits per heavy atom. The molecule has 0 bridgehead atoms. The molecule has 0 spiro atoms. The number of para-hydroxylation sites is 1. The summed E-state index contributed by atoms with van der Waals surface area (Å²) in [5.74, 6) is -0.798. The van der Waals surface area contributed by atoms with Crippen LogP contribution in [-0.2, 0) is 25.8 Å². The van der Waals surface area contributed by atoms with Crippen molar-refractivity contribution in [3.8, 4) is 0 Å². The minimum absolute atomic E-state index is 0. The smallest absolute Gasteiger partial charge is 0.246 e. The number of fused-ring (bicyclic) bond motifs is 1. The van der Waals surface area contributed by atoms with Gasteiger partial charge in [0.05, 0.1) is 6.54 Å². The highest BCUT2D eigenvalue weighted by molar-refractivity contribution is 7.92. The van der Waals surface area contributed by atoms with Crippen LogP contribution in [0.25, 0.3) is 0 Å². The first-order valence-corrected chi connectivity index (χ1v) is 10.3. The fourth-order valence-corrected chi connectivity index (χ4v) is 4.96. The molecule has 26 heavy (non-hydrogen) atoms. The number of sulfone groups is 1. The summed E-state index contributed by atoms with van der Waals surface area (Å²) < 4.78 is 23.0. The van der Waals surface area contributed by atoms with Crippen LogP contribution in [0.15, 0.2) is 24.3 Å². The van der Waals surface area contributed by atoms with Crippen molar-refractivity contribution in [2.75, 3.05) is 37.3 Å². The van der Waals surface area contributed by atoms with Gasteiger partial charge in [-0.15, -0.1) is 12.4 Å². The molecule has 9 heteroatoms. The van der Waals surface area contributed by atoms with Gasteiger partial charge in [0.2, 0.25) is 11.8 Å². The van der Waals surface area contributed by atoms with Crippen LogP contribution in [0.4, 0.5) is 5.69 Å². The van der Waals surface area contributed by atoms with Gasteiger partial charge in [0.25, 0.3) is 0 Å². The molecule has 0 unspecified atom stereocenters. The van der Waals surface area contributed by atoms with Crippen molar-refractivity contribution in [3.63, 3.8) is 0 Å². The van der Waals surface area contributed by atoms with Crippen LogP contribution in [-0.4, -0.2) is 57.4 Å². The number of rotatable bonds is 4. The molecule has 2 amide bonds. The zero-order valence-electron chi connectivity index (χ0n) is 14.7. The molecule has 0 aliphatic carbocycles. The summed E-state index contributed by atoms with van der Waals surface area (Å²) in [5.41, 5.74) is 1.97. The monoisotopic (exact) mass is 401 g/mol. The molecule has 1 fully saturated rings. The number of anilines is 1. The SMILES string of the molecule is CS(=O)(=O)C1(C(=O)NCC(=O)N2CCc3ccccc32)CCNCC1.Cl. The maximum absolute atomic E-state index is 12.6. The van der Waals surface area contributed by atoms with Crippen molar-refractivity contribution in [1.29, 1.82) is 0 Å². The van der Waals surface area contributed by atoms with Crippen molar-refractivity contribution in [2.45, 2.75) is 24.0 Å². The van der Waals surface area contributed by atoms with Crippen LogP contribution >= 0.6 is 12.4 Å². The summed E-state index contributed by atoms with van der Waals surface area (Å²) in [4.78, 5) is 26.8. The molecule has 2 aliphatic rings. The highest BCUT2D eigenvalue weighted by Crippen LogP contribution is 2.29. The van der Waals surface area contributed by atoms with E-state index in [1.165, 1.54) is 0 Å². The van der Waals surface area contributed by atoms with Gasteiger partial charge in [-0.2, -0.15) is 0 Å². The van der Waals surface area contributed by atoms with Crippen molar-refractivity contribution in [1.82, 2.24) is 10.6 Å². The number of carbonyl (C=O) groups excluding carboxylic acids is 2. The number of hydrogen-bond donors (Lipinski definition) is 2. The van der Waals surface area contributed by atoms with E-state index in [-0.39, 0.29) is 37.7 Å². The Hall–Kier alpha value is -1.64. The third-order valence-corrected chi connectivity index (χ3v) is 7.14. The Morgan fingerprint density at radius 3 is 2.54 bits per heavy atom. The van der Waals surface area contributed by atoms with Crippen LogP contribution in [0, 0.1) is 0 Å². The van der Waals surface area contributed by atoms with Crippen molar-refractivity contribution in [2.24, 2.45) is 0 Å². The van der Waals surface area contributed by atoms with Gasteiger partial charge in [-0.25, -0.2) is 8.42 Å². The average molecular weight is 402 g/mol. The van der Waals surface area contributed by atoms with E-state index >= 15 is 0 Å². The number of piperidine rings is 1. The lowest BCUT2D eigenvalue weighted by molar-refractivity contribution is -0.127. The highest BCUT2D eigenvalue weighted by atomic mass is 35.5. The fourth-order valence-electron chi connectivity index (χ4n) is 3.61. The van der Waals surface area contributed by atoms with Crippen molar-refractivity contribution in [3.05, 3.63) is 29.8 Å². The maximum Gasteiger partial charge on any atom is 0.246 e. The number of halogens is 1. The lowest BCUT2D eigenvalue weighted by atomic mass is 9.96. The molecule has 0 atom stereocenters. The highest BCUT2D eigenvalue weighted by Gasteiger charge is 2.48. The van der Waals surface area contributed by atoms with E-state index in [4.69, 9.17) is 0 Å². The summed E-state index contributed by atoms with van der Waals surface area (Å²) >= 11 is 0. The van der Waals surface area contributed by atoms with E-state index in [0.29, 0.717) is 19.6 Å². The summed E-state index contributed by atoms with van der Waals surface area (Å²) in [6, 6.07) is 7.67. The van der Waals surface area contributed by atoms with E-state index in [0.717, 1.165) is 23.9 Å². The van der Waals surface area contributed by atoms with Gasteiger partial charge in [0.1, 0.15) is 0 Å². The number of benzene rings is 1. The van der Waals surface area contributed by atoms with Gasteiger partial charge in [-0.1, -0.05) is 18.2 Å². The Bertz CT molecular complexity index is 791. The predicted molar refractivity (Wildman–Crippen MR) is 102 cm³/mol. The largest absolute Gasteiger partial charge is 0.346 e. The van der Waals surface area contributed by atoms with Crippen LogP contribution in [0.1, 0.15) is 18.4 Å². The molecule has 1 aromatic carbocycles. The van der Waals surface area contributed by atoms with Gasteiger partial charge < -0.3 is 15.5 Å². The topological polar surface area (TPSA) is 95.6 Å². The molecule has 3 rings (SSSR count). The molecule has 0 radical (unpaired) electrons. The fraction of sp³-hybridized carbons (Fsp3) is 0.529. The Labute approximate surface area is 159 Å². The molecule has 1 saturated heterocycles. The number of hydrogen-bond acceptors (Lipinski definition) is 5. The van der Waals surface area contributed by atoms with E-state index in [1.807, 2.05) is 24.3 Å². The van der Waals surface area contributed by atoms with Gasteiger partial charge in [-0.3, -0.25) is 9.59 Å². The van der Waals surface area contributed by atoms with Gasteiger partial charge in [0, 0.05) is 18.5 Å². The lowest BCUT2D eigenvalue weighted by Crippen LogP contribution is -2.58. The van der Waals surface area contributed by atoms with Gasteiger partial charge in [-0.05, 0) is 44.0 Å². The zero-order chi connectivity index (χ0) is 18.1. The Morgan fingerprint density at radius 2 is 1.88 bits per heavy atom. The van der Waals surface area contributed by atoms with Gasteiger partial charge in [0.15, 0.2) is 14.6 Å². The summed E-state index contributed by atoms with van der Waals surface area (Å²) in [5, 5.41) is 5.64. The first-order chi connectivity index (χ1) is 11.8. The zero-order valence-corrected chi connectivity index (χ0v) is 16.3. The first-order valence-electron chi connectivity index (χ1n) is 8.42. The molecule has 7 nitrogen and oxygen atoms in total.